The lowest BCUT2D eigenvalue weighted by Gasteiger charge is -1.94. The summed E-state index contributed by atoms with van der Waals surface area (Å²) in [6.07, 6.45) is 3.69. The summed E-state index contributed by atoms with van der Waals surface area (Å²) in [4.78, 5) is 4.30. The zero-order chi connectivity index (χ0) is 11.0. The molecule has 0 aliphatic carbocycles. The fraction of sp³-hybridized carbons (Fsp3) is 0. The molecule has 0 amide bonds. The van der Waals surface area contributed by atoms with Crippen LogP contribution in [0.4, 0.5) is 0 Å². The predicted octanol–water partition coefficient (Wildman–Crippen LogP) is 3.16. The van der Waals surface area contributed by atoms with Crippen LogP contribution < -0.4 is 0 Å². The number of hydrogen-bond acceptors (Lipinski definition) is 2. The smallest absolute Gasteiger partial charge is 0.126 e. The molecule has 3 aromatic heterocycles. The Labute approximate surface area is 101 Å². The van der Waals surface area contributed by atoms with Crippen molar-refractivity contribution in [1.29, 1.82) is 0 Å². The van der Waals surface area contributed by atoms with Gasteiger partial charge in [-0.05, 0) is 40.2 Å². The first-order chi connectivity index (χ1) is 7.86. The van der Waals surface area contributed by atoms with Crippen molar-refractivity contribution in [1.82, 2.24) is 14.6 Å². The Hall–Kier alpha value is -1.68. The van der Waals surface area contributed by atoms with Gasteiger partial charge in [-0.15, -0.1) is 0 Å². The molecule has 3 aromatic rings. The number of aromatic nitrogens is 3. The zero-order valence-corrected chi connectivity index (χ0v) is 9.92. The molecule has 3 heterocycles. The van der Waals surface area contributed by atoms with Gasteiger partial charge in [-0.2, -0.15) is 5.10 Å². The third-order valence-corrected chi connectivity index (χ3v) is 3.17. The van der Waals surface area contributed by atoms with Crippen molar-refractivity contribution >= 4 is 21.4 Å². The maximum Gasteiger partial charge on any atom is 0.126 e. The van der Waals surface area contributed by atoms with Crippen LogP contribution in [-0.2, 0) is 0 Å². The molecule has 0 unspecified atom stereocenters. The van der Waals surface area contributed by atoms with Crippen LogP contribution in [0.5, 0.6) is 0 Å². The molecular weight excluding hydrogens is 266 g/mol. The van der Waals surface area contributed by atoms with Gasteiger partial charge >= 0.3 is 0 Å². The summed E-state index contributed by atoms with van der Waals surface area (Å²) in [5.41, 5.74) is 2.79. The highest BCUT2D eigenvalue weighted by Gasteiger charge is 2.11. The van der Waals surface area contributed by atoms with E-state index < -0.39 is 0 Å². The molecule has 78 valence electrons. The van der Waals surface area contributed by atoms with Gasteiger partial charge in [-0.25, -0.2) is 4.52 Å². The summed E-state index contributed by atoms with van der Waals surface area (Å²) in [6.45, 7) is 0. The summed E-state index contributed by atoms with van der Waals surface area (Å²) in [7, 11) is 0. The monoisotopic (exact) mass is 273 g/mol. The Morgan fingerprint density at radius 1 is 1.06 bits per heavy atom. The molecule has 0 bridgehead atoms. The number of nitrogens with zero attached hydrogens (tertiary/aromatic N) is 3. The van der Waals surface area contributed by atoms with Crippen LogP contribution in [0.25, 0.3) is 16.9 Å². The maximum atomic E-state index is 4.49. The zero-order valence-electron chi connectivity index (χ0n) is 8.34. The van der Waals surface area contributed by atoms with Crippen LogP contribution in [0.2, 0.25) is 0 Å². The second kappa shape index (κ2) is 3.72. The van der Waals surface area contributed by atoms with Gasteiger partial charge in [0.15, 0.2) is 0 Å². The van der Waals surface area contributed by atoms with Gasteiger partial charge in [-0.1, -0.05) is 12.1 Å². The topological polar surface area (TPSA) is 30.2 Å². The summed E-state index contributed by atoms with van der Waals surface area (Å²) in [5.74, 6) is 0. The summed E-state index contributed by atoms with van der Waals surface area (Å²) < 4.78 is 2.82. The van der Waals surface area contributed by atoms with Gasteiger partial charge in [-0.3, -0.25) is 4.98 Å². The van der Waals surface area contributed by atoms with Gasteiger partial charge in [0.05, 0.1) is 15.7 Å². The molecule has 0 radical (unpaired) electrons. The minimum Gasteiger partial charge on any atom is -0.255 e. The predicted molar refractivity (Wildman–Crippen MR) is 66.1 cm³/mol. The highest BCUT2D eigenvalue weighted by Crippen LogP contribution is 2.29. The van der Waals surface area contributed by atoms with Gasteiger partial charge in [0, 0.05) is 12.4 Å². The third-order valence-electron chi connectivity index (χ3n) is 2.39. The Morgan fingerprint density at radius 3 is 2.69 bits per heavy atom. The molecule has 3 nitrogen and oxygen atoms in total. The quantitative estimate of drug-likeness (QED) is 0.682. The molecule has 0 saturated carbocycles. The lowest BCUT2D eigenvalue weighted by molar-refractivity contribution is 0.962. The van der Waals surface area contributed by atoms with Crippen molar-refractivity contribution < 1.29 is 0 Å². The van der Waals surface area contributed by atoms with Crippen molar-refractivity contribution in [2.45, 2.75) is 0 Å². The van der Waals surface area contributed by atoms with Gasteiger partial charge in [0.2, 0.25) is 0 Å². The standard InChI is InChI=1S/C12H8BrN3/c13-11-10-6-2-4-8-16(10)15-12(11)9-5-1-3-7-14-9/h1-8H. The van der Waals surface area contributed by atoms with E-state index in [1.165, 1.54) is 0 Å². The van der Waals surface area contributed by atoms with E-state index in [1.54, 1.807) is 6.20 Å². The minimum absolute atomic E-state index is 0.867. The maximum absolute atomic E-state index is 4.49. The fourth-order valence-electron chi connectivity index (χ4n) is 1.63. The van der Waals surface area contributed by atoms with E-state index in [0.717, 1.165) is 21.4 Å². The Morgan fingerprint density at radius 2 is 1.94 bits per heavy atom. The molecule has 0 fully saturated rings. The number of hydrogen-bond donors (Lipinski definition) is 0. The van der Waals surface area contributed by atoms with E-state index in [0.29, 0.717) is 0 Å². The van der Waals surface area contributed by atoms with Crippen LogP contribution in [0.15, 0.2) is 53.3 Å². The molecule has 3 rings (SSSR count). The lowest BCUT2D eigenvalue weighted by Crippen LogP contribution is -1.86. The van der Waals surface area contributed by atoms with Gasteiger partial charge in [0.25, 0.3) is 0 Å². The van der Waals surface area contributed by atoms with E-state index in [1.807, 2.05) is 47.1 Å². The number of halogens is 1. The van der Waals surface area contributed by atoms with Gasteiger partial charge < -0.3 is 0 Å². The summed E-state index contributed by atoms with van der Waals surface area (Å²) in [6, 6.07) is 11.8. The Kier molecular flexibility index (Phi) is 2.22. The second-order valence-electron chi connectivity index (χ2n) is 3.41. The number of pyridine rings is 2. The summed E-state index contributed by atoms with van der Waals surface area (Å²) >= 11 is 3.57. The van der Waals surface area contributed by atoms with Gasteiger partial charge in [0.1, 0.15) is 5.69 Å². The molecule has 0 saturated heterocycles. The first kappa shape index (κ1) is 9.54. The molecule has 16 heavy (non-hydrogen) atoms. The molecule has 0 aromatic carbocycles. The molecule has 0 spiro atoms. The highest BCUT2D eigenvalue weighted by molar-refractivity contribution is 9.10. The van der Waals surface area contributed by atoms with Crippen molar-refractivity contribution in [2.75, 3.05) is 0 Å². The SMILES string of the molecule is Brc1c(-c2ccccn2)nn2ccccc12. The number of fused-ring (bicyclic) bond motifs is 1. The normalized spacial score (nSPS) is 10.8. The van der Waals surface area contributed by atoms with Crippen LogP contribution in [-0.4, -0.2) is 14.6 Å². The van der Waals surface area contributed by atoms with E-state index >= 15 is 0 Å². The molecule has 0 atom stereocenters. The van der Waals surface area contributed by atoms with Crippen molar-refractivity contribution in [3.05, 3.63) is 53.3 Å². The fourth-order valence-corrected chi connectivity index (χ4v) is 2.23. The first-order valence-electron chi connectivity index (χ1n) is 4.90. The first-order valence-corrected chi connectivity index (χ1v) is 5.70. The van der Waals surface area contributed by atoms with E-state index in [2.05, 4.69) is 26.0 Å². The minimum atomic E-state index is 0.867. The summed E-state index contributed by atoms with van der Waals surface area (Å²) in [5, 5.41) is 4.49. The average molecular weight is 274 g/mol. The molecule has 4 heteroatoms. The highest BCUT2D eigenvalue weighted by atomic mass is 79.9. The lowest BCUT2D eigenvalue weighted by atomic mass is 10.2. The van der Waals surface area contributed by atoms with E-state index in [-0.39, 0.29) is 0 Å². The van der Waals surface area contributed by atoms with Crippen LogP contribution in [0, 0.1) is 0 Å². The molecule has 0 N–H and O–H groups in total. The number of rotatable bonds is 1. The Bertz CT molecular complexity index is 631. The largest absolute Gasteiger partial charge is 0.255 e. The second-order valence-corrected chi connectivity index (χ2v) is 4.20. The van der Waals surface area contributed by atoms with E-state index in [9.17, 15) is 0 Å². The van der Waals surface area contributed by atoms with Crippen molar-refractivity contribution in [2.24, 2.45) is 0 Å². The van der Waals surface area contributed by atoms with Crippen molar-refractivity contribution in [3.8, 4) is 11.4 Å². The van der Waals surface area contributed by atoms with Crippen LogP contribution in [0.1, 0.15) is 0 Å². The van der Waals surface area contributed by atoms with Crippen LogP contribution >= 0.6 is 15.9 Å². The van der Waals surface area contributed by atoms with E-state index in [4.69, 9.17) is 0 Å². The Balaban J connectivity index is 2.29. The third kappa shape index (κ3) is 1.42. The molecule has 0 aliphatic rings. The molecule has 0 aliphatic heterocycles. The average Bonchev–Trinajstić information content (AvgIpc) is 2.69. The molecular formula is C12H8BrN3. The van der Waals surface area contributed by atoms with Crippen molar-refractivity contribution in [3.63, 3.8) is 0 Å². The van der Waals surface area contributed by atoms with Crippen LogP contribution in [0.3, 0.4) is 0 Å².